The van der Waals surface area contributed by atoms with E-state index in [1.54, 1.807) is 32.2 Å². The van der Waals surface area contributed by atoms with Crippen molar-refractivity contribution in [2.24, 2.45) is 5.92 Å². The zero-order chi connectivity index (χ0) is 20.5. The highest BCUT2D eigenvalue weighted by molar-refractivity contribution is 5.88. The lowest BCUT2D eigenvalue weighted by Gasteiger charge is -2.34. The van der Waals surface area contributed by atoms with Gasteiger partial charge in [0.25, 0.3) is 0 Å². The highest BCUT2D eigenvalue weighted by Crippen LogP contribution is 2.22. The van der Waals surface area contributed by atoms with Crippen LogP contribution in [0.4, 0.5) is 10.5 Å². The predicted molar refractivity (Wildman–Crippen MR) is 107 cm³/mol. The fraction of sp³-hybridized carbons (Fsp3) is 0.381. The number of nitrogens with one attached hydrogen (secondary N) is 1. The molecular weight excluding hydrogens is 358 g/mol. The van der Waals surface area contributed by atoms with Crippen molar-refractivity contribution < 1.29 is 19.4 Å². The molecule has 2 N–H and O–H groups in total. The van der Waals surface area contributed by atoms with E-state index >= 15 is 0 Å². The highest BCUT2D eigenvalue weighted by atomic mass is 16.5. The molecule has 0 aliphatic heterocycles. The Morgan fingerprint density at radius 1 is 1.18 bits per heavy atom. The number of amides is 2. The van der Waals surface area contributed by atoms with Gasteiger partial charge in [0.2, 0.25) is 5.91 Å². The summed E-state index contributed by atoms with van der Waals surface area (Å²) in [6.07, 6.45) is 1.90. The second-order valence-corrected chi connectivity index (χ2v) is 6.78. The predicted octanol–water partition coefficient (Wildman–Crippen LogP) is 2.40. The normalized spacial score (nSPS) is 12.9. The van der Waals surface area contributed by atoms with Gasteiger partial charge in [0.05, 0.1) is 31.1 Å². The van der Waals surface area contributed by atoms with E-state index < -0.39 is 18.2 Å². The van der Waals surface area contributed by atoms with Crippen LogP contribution >= 0.6 is 0 Å². The standard InChI is InChI=1S/C21H27N3O4/c1-15(2)20(26)23-14-19(25)18(12-16-8-5-4-6-9-16)24(21(27)28-3)17-10-7-11-22-13-17/h4-11,13,15,18-19,25H,12,14H2,1-3H3,(H,23,26)/t18?,19-/m0/s1. The number of aliphatic hydroxyl groups is 1. The number of carbonyl (C=O) groups is 2. The molecule has 0 aliphatic carbocycles. The molecule has 0 saturated heterocycles. The third kappa shape index (κ3) is 5.79. The van der Waals surface area contributed by atoms with Gasteiger partial charge in [-0.3, -0.25) is 14.7 Å². The van der Waals surface area contributed by atoms with Crippen LogP contribution in [-0.2, 0) is 16.0 Å². The molecule has 0 bridgehead atoms. The summed E-state index contributed by atoms with van der Waals surface area (Å²) >= 11 is 0. The van der Waals surface area contributed by atoms with Gasteiger partial charge in [-0.1, -0.05) is 44.2 Å². The Hall–Kier alpha value is -2.93. The molecule has 7 nitrogen and oxygen atoms in total. The minimum atomic E-state index is -1.01. The van der Waals surface area contributed by atoms with E-state index in [1.807, 2.05) is 30.3 Å². The van der Waals surface area contributed by atoms with E-state index in [0.29, 0.717) is 12.1 Å². The number of methoxy groups -OCH3 is 1. The van der Waals surface area contributed by atoms with Gasteiger partial charge in [0.15, 0.2) is 0 Å². The summed E-state index contributed by atoms with van der Waals surface area (Å²) in [6, 6.07) is 12.3. The number of pyridine rings is 1. The summed E-state index contributed by atoms with van der Waals surface area (Å²) in [5.41, 5.74) is 1.45. The second-order valence-electron chi connectivity index (χ2n) is 6.78. The Morgan fingerprint density at radius 3 is 2.46 bits per heavy atom. The van der Waals surface area contributed by atoms with Gasteiger partial charge in [0, 0.05) is 18.7 Å². The number of anilines is 1. The first-order valence-electron chi connectivity index (χ1n) is 9.21. The zero-order valence-corrected chi connectivity index (χ0v) is 16.4. The Kier molecular flexibility index (Phi) is 7.95. The Balaban J connectivity index is 2.33. The van der Waals surface area contributed by atoms with Gasteiger partial charge < -0.3 is 15.2 Å². The Morgan fingerprint density at radius 2 is 1.89 bits per heavy atom. The van der Waals surface area contributed by atoms with Crippen molar-refractivity contribution in [3.8, 4) is 0 Å². The van der Waals surface area contributed by atoms with Gasteiger partial charge in [0.1, 0.15) is 0 Å². The molecule has 7 heteroatoms. The Bertz CT molecular complexity index is 753. The molecule has 2 atom stereocenters. The molecule has 1 unspecified atom stereocenters. The van der Waals surface area contributed by atoms with Crippen molar-refractivity contribution in [1.82, 2.24) is 10.3 Å². The molecule has 0 saturated carbocycles. The van der Waals surface area contributed by atoms with Crippen LogP contribution in [0.25, 0.3) is 0 Å². The molecule has 0 spiro atoms. The lowest BCUT2D eigenvalue weighted by molar-refractivity contribution is -0.124. The van der Waals surface area contributed by atoms with Crippen molar-refractivity contribution in [2.45, 2.75) is 32.4 Å². The SMILES string of the molecule is COC(=O)N(c1cccnc1)C(Cc1ccccc1)[C@@H](O)CNC(=O)C(C)C. The first-order valence-corrected chi connectivity index (χ1v) is 9.21. The van der Waals surface area contributed by atoms with Crippen LogP contribution in [0, 0.1) is 5.92 Å². The van der Waals surface area contributed by atoms with Crippen LogP contribution in [0.15, 0.2) is 54.9 Å². The fourth-order valence-electron chi connectivity index (χ4n) is 2.83. The zero-order valence-electron chi connectivity index (χ0n) is 16.4. The molecule has 0 radical (unpaired) electrons. The Labute approximate surface area is 165 Å². The summed E-state index contributed by atoms with van der Waals surface area (Å²) in [7, 11) is 1.29. The number of nitrogens with zero attached hydrogens (tertiary/aromatic N) is 2. The van der Waals surface area contributed by atoms with E-state index in [1.165, 1.54) is 18.2 Å². The quantitative estimate of drug-likeness (QED) is 0.728. The third-order valence-electron chi connectivity index (χ3n) is 4.37. The van der Waals surface area contributed by atoms with Gasteiger partial charge in [-0.15, -0.1) is 0 Å². The maximum Gasteiger partial charge on any atom is 0.414 e. The first-order chi connectivity index (χ1) is 13.4. The number of hydrogen-bond donors (Lipinski definition) is 2. The number of benzene rings is 1. The van der Waals surface area contributed by atoms with Crippen molar-refractivity contribution >= 4 is 17.7 Å². The van der Waals surface area contributed by atoms with Crippen LogP contribution in [0.1, 0.15) is 19.4 Å². The molecule has 150 valence electrons. The summed E-state index contributed by atoms with van der Waals surface area (Å²) in [5, 5.41) is 13.6. The van der Waals surface area contributed by atoms with Crippen molar-refractivity contribution in [2.75, 3.05) is 18.6 Å². The van der Waals surface area contributed by atoms with Crippen LogP contribution in [0.2, 0.25) is 0 Å². The molecule has 2 aromatic rings. The van der Waals surface area contributed by atoms with Gasteiger partial charge in [-0.25, -0.2) is 4.79 Å². The minimum absolute atomic E-state index is 0.0161. The van der Waals surface area contributed by atoms with Crippen LogP contribution < -0.4 is 10.2 Å². The van der Waals surface area contributed by atoms with Gasteiger partial charge >= 0.3 is 6.09 Å². The summed E-state index contributed by atoms with van der Waals surface area (Å²) in [6.45, 7) is 3.57. The average molecular weight is 385 g/mol. The van der Waals surface area contributed by atoms with Crippen molar-refractivity contribution in [3.05, 3.63) is 60.4 Å². The number of rotatable bonds is 8. The molecule has 0 aliphatic rings. The minimum Gasteiger partial charge on any atom is -0.452 e. The van der Waals surface area contributed by atoms with E-state index in [4.69, 9.17) is 4.74 Å². The molecule has 2 rings (SSSR count). The van der Waals surface area contributed by atoms with E-state index in [-0.39, 0.29) is 18.4 Å². The first kappa shape index (κ1) is 21.4. The number of ether oxygens (including phenoxy) is 1. The lowest BCUT2D eigenvalue weighted by Crippen LogP contribution is -2.52. The number of carbonyl (C=O) groups excluding carboxylic acids is 2. The van der Waals surface area contributed by atoms with Gasteiger partial charge in [-0.05, 0) is 24.1 Å². The maximum absolute atomic E-state index is 12.6. The number of aromatic nitrogens is 1. The van der Waals surface area contributed by atoms with Crippen LogP contribution in [0.3, 0.4) is 0 Å². The largest absolute Gasteiger partial charge is 0.452 e. The van der Waals surface area contributed by atoms with E-state index in [0.717, 1.165) is 5.56 Å². The number of aliphatic hydroxyl groups excluding tert-OH is 1. The van der Waals surface area contributed by atoms with Crippen LogP contribution in [-0.4, -0.2) is 47.9 Å². The fourth-order valence-corrected chi connectivity index (χ4v) is 2.83. The van der Waals surface area contributed by atoms with E-state index in [9.17, 15) is 14.7 Å². The molecule has 1 heterocycles. The number of hydrogen-bond acceptors (Lipinski definition) is 5. The monoisotopic (exact) mass is 385 g/mol. The highest BCUT2D eigenvalue weighted by Gasteiger charge is 2.32. The molecule has 0 fully saturated rings. The third-order valence-corrected chi connectivity index (χ3v) is 4.37. The molecule has 1 aromatic carbocycles. The smallest absolute Gasteiger partial charge is 0.414 e. The van der Waals surface area contributed by atoms with Crippen molar-refractivity contribution in [3.63, 3.8) is 0 Å². The maximum atomic E-state index is 12.6. The van der Waals surface area contributed by atoms with Crippen molar-refractivity contribution in [1.29, 1.82) is 0 Å². The molecule has 2 amide bonds. The molecule has 28 heavy (non-hydrogen) atoms. The molecular formula is C21H27N3O4. The topological polar surface area (TPSA) is 91.8 Å². The van der Waals surface area contributed by atoms with E-state index in [2.05, 4.69) is 10.3 Å². The lowest BCUT2D eigenvalue weighted by atomic mass is 9.99. The average Bonchev–Trinajstić information content (AvgIpc) is 2.72. The van der Waals surface area contributed by atoms with Gasteiger partial charge in [-0.2, -0.15) is 0 Å². The molecule has 1 aromatic heterocycles. The summed E-state index contributed by atoms with van der Waals surface area (Å²) in [4.78, 5) is 29.9. The van der Waals surface area contributed by atoms with Crippen LogP contribution in [0.5, 0.6) is 0 Å². The summed E-state index contributed by atoms with van der Waals surface area (Å²) < 4.78 is 4.96. The second kappa shape index (κ2) is 10.4. The summed E-state index contributed by atoms with van der Waals surface area (Å²) in [5.74, 6) is -0.363.